The Labute approximate surface area is 131 Å². The molecule has 0 radical (unpaired) electrons. The Morgan fingerprint density at radius 2 is 1.85 bits per heavy atom. The van der Waals surface area contributed by atoms with E-state index >= 15 is 0 Å². The first-order valence-corrected chi connectivity index (χ1v) is 9.75. The van der Waals surface area contributed by atoms with E-state index in [9.17, 15) is 8.42 Å². The van der Waals surface area contributed by atoms with Crippen molar-refractivity contribution in [1.29, 1.82) is 0 Å². The van der Waals surface area contributed by atoms with Gasteiger partial charge in [0, 0.05) is 31.5 Å². The van der Waals surface area contributed by atoms with Gasteiger partial charge in [-0.2, -0.15) is 17.0 Å². The standard InChI is InChI=1S/C13H25BrN2O3S/c1-11-4-6-15(7-5-11)20(17,18)16-9-12(8-14)19-13(2,3)10-16/h11-12H,4-10H2,1-3H3. The molecule has 2 rings (SSSR count). The lowest BCUT2D eigenvalue weighted by atomic mass is 10.0. The molecular formula is C13H25BrN2O3S. The van der Waals surface area contributed by atoms with Crippen LogP contribution in [0.5, 0.6) is 0 Å². The van der Waals surface area contributed by atoms with Crippen LogP contribution in [0.3, 0.4) is 0 Å². The molecule has 7 heteroatoms. The van der Waals surface area contributed by atoms with E-state index in [1.807, 2.05) is 13.8 Å². The number of morpholine rings is 1. The van der Waals surface area contributed by atoms with E-state index in [1.54, 1.807) is 8.61 Å². The van der Waals surface area contributed by atoms with Crippen LogP contribution in [0, 0.1) is 5.92 Å². The van der Waals surface area contributed by atoms with E-state index in [-0.39, 0.29) is 6.10 Å². The number of hydrogen-bond acceptors (Lipinski definition) is 3. The summed E-state index contributed by atoms with van der Waals surface area (Å²) in [5, 5.41) is 0.652. The predicted octanol–water partition coefficient (Wildman–Crippen LogP) is 1.84. The van der Waals surface area contributed by atoms with Crippen molar-refractivity contribution in [1.82, 2.24) is 8.61 Å². The largest absolute Gasteiger partial charge is 0.369 e. The van der Waals surface area contributed by atoms with Crippen LogP contribution in [0.2, 0.25) is 0 Å². The van der Waals surface area contributed by atoms with Crippen molar-refractivity contribution in [3.05, 3.63) is 0 Å². The minimum atomic E-state index is -3.36. The lowest BCUT2D eigenvalue weighted by molar-refractivity contribution is -0.108. The molecule has 2 aliphatic rings. The van der Waals surface area contributed by atoms with Gasteiger partial charge in [-0.25, -0.2) is 0 Å². The van der Waals surface area contributed by atoms with Crippen molar-refractivity contribution in [2.75, 3.05) is 31.5 Å². The summed E-state index contributed by atoms with van der Waals surface area (Å²) in [7, 11) is -3.36. The van der Waals surface area contributed by atoms with Crippen LogP contribution in [0.1, 0.15) is 33.6 Å². The van der Waals surface area contributed by atoms with Gasteiger partial charge in [0.25, 0.3) is 10.2 Å². The van der Waals surface area contributed by atoms with Gasteiger partial charge in [-0.15, -0.1) is 0 Å². The fraction of sp³-hybridized carbons (Fsp3) is 1.00. The van der Waals surface area contributed by atoms with Crippen LogP contribution in [0.25, 0.3) is 0 Å². The molecule has 118 valence electrons. The Morgan fingerprint density at radius 3 is 2.40 bits per heavy atom. The van der Waals surface area contributed by atoms with Crippen molar-refractivity contribution in [2.24, 2.45) is 5.92 Å². The zero-order chi connectivity index (χ0) is 15.0. The lowest BCUT2D eigenvalue weighted by Crippen LogP contribution is -2.58. The molecule has 0 aromatic rings. The minimum Gasteiger partial charge on any atom is -0.369 e. The number of ether oxygens (including phenoxy) is 1. The quantitative estimate of drug-likeness (QED) is 0.714. The molecule has 0 aromatic heterocycles. The predicted molar refractivity (Wildman–Crippen MR) is 83.2 cm³/mol. The van der Waals surface area contributed by atoms with Gasteiger partial charge in [-0.3, -0.25) is 0 Å². The third-order valence-electron chi connectivity index (χ3n) is 4.02. The van der Waals surface area contributed by atoms with Gasteiger partial charge in [-0.1, -0.05) is 22.9 Å². The molecule has 0 aliphatic carbocycles. The Balaban J connectivity index is 2.12. The molecule has 2 saturated heterocycles. The molecule has 0 spiro atoms. The minimum absolute atomic E-state index is 0.0859. The fourth-order valence-electron chi connectivity index (χ4n) is 2.88. The van der Waals surface area contributed by atoms with Gasteiger partial charge < -0.3 is 4.74 Å². The fourth-order valence-corrected chi connectivity index (χ4v) is 5.04. The summed E-state index contributed by atoms with van der Waals surface area (Å²) in [4.78, 5) is 0. The lowest BCUT2D eigenvalue weighted by Gasteiger charge is -2.43. The maximum absolute atomic E-state index is 12.8. The van der Waals surface area contributed by atoms with E-state index in [0.29, 0.717) is 37.4 Å². The van der Waals surface area contributed by atoms with Gasteiger partial charge >= 0.3 is 0 Å². The van der Waals surface area contributed by atoms with E-state index in [0.717, 1.165) is 12.8 Å². The maximum Gasteiger partial charge on any atom is 0.282 e. The van der Waals surface area contributed by atoms with Crippen LogP contribution >= 0.6 is 15.9 Å². The molecule has 5 nitrogen and oxygen atoms in total. The summed E-state index contributed by atoms with van der Waals surface area (Å²) in [6.07, 6.45) is 1.82. The summed E-state index contributed by atoms with van der Waals surface area (Å²) >= 11 is 3.40. The van der Waals surface area contributed by atoms with Crippen LogP contribution < -0.4 is 0 Å². The first kappa shape index (κ1) is 16.7. The van der Waals surface area contributed by atoms with Crippen molar-refractivity contribution < 1.29 is 13.2 Å². The normalized spacial score (nSPS) is 30.5. The van der Waals surface area contributed by atoms with Gasteiger partial charge in [0.2, 0.25) is 0 Å². The van der Waals surface area contributed by atoms with E-state index < -0.39 is 15.8 Å². The zero-order valence-electron chi connectivity index (χ0n) is 12.5. The molecule has 20 heavy (non-hydrogen) atoms. The third kappa shape index (κ3) is 3.74. The van der Waals surface area contributed by atoms with E-state index in [1.165, 1.54) is 0 Å². The summed E-state index contributed by atoms with van der Waals surface area (Å²) in [6, 6.07) is 0. The SMILES string of the molecule is CC1CCN(S(=O)(=O)N2CC(CBr)OC(C)(C)C2)CC1. The molecule has 0 amide bonds. The highest BCUT2D eigenvalue weighted by atomic mass is 79.9. The Kier molecular flexibility index (Phi) is 5.17. The monoisotopic (exact) mass is 368 g/mol. The Hall–Kier alpha value is 0.310. The molecule has 2 fully saturated rings. The number of halogens is 1. The molecule has 0 N–H and O–H groups in total. The van der Waals surface area contributed by atoms with Gasteiger partial charge in [0.05, 0.1) is 11.7 Å². The first-order chi connectivity index (χ1) is 9.24. The Morgan fingerprint density at radius 1 is 1.25 bits per heavy atom. The molecule has 2 aliphatic heterocycles. The second-order valence-corrected chi connectivity index (χ2v) is 9.11. The number of hydrogen-bond donors (Lipinski definition) is 0. The van der Waals surface area contributed by atoms with Crippen LogP contribution in [0.15, 0.2) is 0 Å². The third-order valence-corrected chi connectivity index (χ3v) is 6.69. The van der Waals surface area contributed by atoms with Gasteiger partial charge in [0.15, 0.2) is 0 Å². The van der Waals surface area contributed by atoms with E-state index in [4.69, 9.17) is 4.74 Å². The molecule has 1 unspecified atom stereocenters. The van der Waals surface area contributed by atoms with Crippen molar-refractivity contribution in [3.8, 4) is 0 Å². The topological polar surface area (TPSA) is 49.9 Å². The number of piperidine rings is 1. The van der Waals surface area contributed by atoms with Crippen LogP contribution in [-0.2, 0) is 14.9 Å². The highest BCUT2D eigenvalue weighted by Gasteiger charge is 2.41. The maximum atomic E-state index is 12.8. The summed E-state index contributed by atoms with van der Waals surface area (Å²) < 4.78 is 34.7. The summed E-state index contributed by atoms with van der Waals surface area (Å²) in [5.41, 5.74) is -0.438. The highest BCUT2D eigenvalue weighted by Crippen LogP contribution is 2.27. The van der Waals surface area contributed by atoms with Crippen LogP contribution in [0.4, 0.5) is 0 Å². The second kappa shape index (κ2) is 6.20. The molecule has 0 saturated carbocycles. The smallest absolute Gasteiger partial charge is 0.282 e. The molecule has 0 bridgehead atoms. The number of nitrogens with zero attached hydrogens (tertiary/aromatic N) is 2. The average Bonchev–Trinajstić information content (AvgIpc) is 2.37. The molecule has 1 atom stereocenters. The number of alkyl halides is 1. The Bertz CT molecular complexity index is 433. The number of rotatable bonds is 3. The summed E-state index contributed by atoms with van der Waals surface area (Å²) in [5.74, 6) is 0.623. The van der Waals surface area contributed by atoms with Gasteiger partial charge in [-0.05, 0) is 32.6 Å². The molecule has 2 heterocycles. The van der Waals surface area contributed by atoms with Crippen molar-refractivity contribution in [2.45, 2.75) is 45.3 Å². The van der Waals surface area contributed by atoms with Crippen molar-refractivity contribution >= 4 is 26.1 Å². The zero-order valence-corrected chi connectivity index (χ0v) is 14.9. The first-order valence-electron chi connectivity index (χ1n) is 7.23. The summed E-state index contributed by atoms with van der Waals surface area (Å²) in [6.45, 7) is 8.21. The molecular weight excluding hydrogens is 344 g/mol. The second-order valence-electron chi connectivity index (χ2n) is 6.54. The van der Waals surface area contributed by atoms with Crippen molar-refractivity contribution in [3.63, 3.8) is 0 Å². The molecule has 0 aromatic carbocycles. The van der Waals surface area contributed by atoms with Crippen LogP contribution in [-0.4, -0.2) is 60.2 Å². The average molecular weight is 369 g/mol. The highest BCUT2D eigenvalue weighted by molar-refractivity contribution is 9.09. The van der Waals surface area contributed by atoms with E-state index in [2.05, 4.69) is 22.9 Å². The van der Waals surface area contributed by atoms with Gasteiger partial charge in [0.1, 0.15) is 0 Å².